The van der Waals surface area contributed by atoms with Crippen LogP contribution in [0.15, 0.2) is 34.2 Å². The third kappa shape index (κ3) is 7.78. The lowest BCUT2D eigenvalue weighted by Gasteiger charge is -2.39. The maximum Gasteiger partial charge on any atom is 0.240 e. The molecule has 154 valence electrons. The van der Waals surface area contributed by atoms with E-state index < -0.39 is 10.0 Å². The standard InChI is InChI=1S/C18H30N4O2S2.HI/c1-5-19-17(22-12-13-25-18(3,4)14-22)20-10-11-21-26(23,24)16-8-6-15(2)7-9-16;/h6-9,21H,5,10-14H2,1-4H3,(H,19,20);1H. The van der Waals surface area contributed by atoms with E-state index in [1.54, 1.807) is 24.3 Å². The molecule has 2 rings (SSSR count). The summed E-state index contributed by atoms with van der Waals surface area (Å²) in [5.74, 6) is 1.92. The largest absolute Gasteiger partial charge is 0.357 e. The van der Waals surface area contributed by atoms with Crippen molar-refractivity contribution in [2.75, 3.05) is 38.5 Å². The Morgan fingerprint density at radius 1 is 1.30 bits per heavy atom. The van der Waals surface area contributed by atoms with Gasteiger partial charge in [-0.2, -0.15) is 11.8 Å². The van der Waals surface area contributed by atoms with Crippen LogP contribution in [0.3, 0.4) is 0 Å². The molecular formula is C18H31IN4O2S2. The van der Waals surface area contributed by atoms with Gasteiger partial charge in [-0.15, -0.1) is 24.0 Å². The van der Waals surface area contributed by atoms with E-state index in [4.69, 9.17) is 0 Å². The number of hydrogen-bond donors (Lipinski definition) is 2. The molecule has 0 spiro atoms. The monoisotopic (exact) mass is 526 g/mol. The number of rotatable bonds is 6. The molecule has 0 aliphatic carbocycles. The number of aryl methyl sites for hydroxylation is 1. The molecule has 1 saturated heterocycles. The van der Waals surface area contributed by atoms with Crippen molar-refractivity contribution in [3.05, 3.63) is 29.8 Å². The van der Waals surface area contributed by atoms with Crippen molar-refractivity contribution in [1.82, 2.24) is 14.9 Å². The Balaban J connectivity index is 0.00000364. The number of nitrogens with zero attached hydrogens (tertiary/aromatic N) is 2. The number of hydrogen-bond acceptors (Lipinski definition) is 4. The van der Waals surface area contributed by atoms with Crippen LogP contribution < -0.4 is 10.0 Å². The summed E-state index contributed by atoms with van der Waals surface area (Å²) in [5.41, 5.74) is 1.03. The normalized spacial score (nSPS) is 17.3. The number of halogens is 1. The molecule has 0 saturated carbocycles. The quantitative estimate of drug-likeness (QED) is 0.258. The zero-order valence-corrected chi connectivity index (χ0v) is 20.5. The first kappa shape index (κ1) is 24.5. The Kier molecular flexibility index (Phi) is 9.87. The van der Waals surface area contributed by atoms with Gasteiger partial charge in [0.2, 0.25) is 10.0 Å². The molecule has 1 fully saturated rings. The van der Waals surface area contributed by atoms with Crippen molar-refractivity contribution in [3.8, 4) is 0 Å². The molecule has 0 bridgehead atoms. The van der Waals surface area contributed by atoms with E-state index in [9.17, 15) is 8.42 Å². The zero-order valence-electron chi connectivity index (χ0n) is 16.5. The summed E-state index contributed by atoms with van der Waals surface area (Å²) >= 11 is 1.97. The van der Waals surface area contributed by atoms with E-state index >= 15 is 0 Å². The van der Waals surface area contributed by atoms with Gasteiger partial charge in [-0.25, -0.2) is 13.1 Å². The van der Waals surface area contributed by atoms with Gasteiger partial charge in [0.1, 0.15) is 0 Å². The molecule has 6 nitrogen and oxygen atoms in total. The summed E-state index contributed by atoms with van der Waals surface area (Å²) in [4.78, 5) is 7.15. The van der Waals surface area contributed by atoms with Crippen LogP contribution in [0.5, 0.6) is 0 Å². The molecule has 1 aliphatic rings. The van der Waals surface area contributed by atoms with Gasteiger partial charge >= 0.3 is 0 Å². The molecular weight excluding hydrogens is 495 g/mol. The molecule has 2 N–H and O–H groups in total. The average Bonchev–Trinajstić information content (AvgIpc) is 2.57. The molecule has 0 amide bonds. The molecule has 0 radical (unpaired) electrons. The lowest BCUT2D eigenvalue weighted by molar-refractivity contribution is 0.376. The number of thioether (sulfide) groups is 1. The summed E-state index contributed by atoms with van der Waals surface area (Å²) in [5, 5.41) is 3.32. The Hall–Kier alpha value is -0.520. The highest BCUT2D eigenvalue weighted by Gasteiger charge is 2.28. The number of guanidine groups is 1. The maximum atomic E-state index is 12.3. The van der Waals surface area contributed by atoms with Crippen LogP contribution in [0, 0.1) is 6.92 Å². The fourth-order valence-corrected chi connectivity index (χ4v) is 4.90. The average molecular weight is 527 g/mol. The first-order valence-electron chi connectivity index (χ1n) is 8.97. The molecule has 1 aromatic rings. The van der Waals surface area contributed by atoms with Gasteiger partial charge in [0.05, 0.1) is 11.4 Å². The molecule has 1 aromatic carbocycles. The molecule has 0 atom stereocenters. The minimum absolute atomic E-state index is 0. The summed E-state index contributed by atoms with van der Waals surface area (Å²) in [6.45, 7) is 11.8. The second-order valence-electron chi connectivity index (χ2n) is 6.98. The van der Waals surface area contributed by atoms with Crippen LogP contribution in [-0.4, -0.2) is 62.5 Å². The lowest BCUT2D eigenvalue weighted by atomic mass is 10.2. The molecule has 1 heterocycles. The van der Waals surface area contributed by atoms with E-state index in [2.05, 4.69) is 33.8 Å². The topological polar surface area (TPSA) is 73.8 Å². The summed E-state index contributed by atoms with van der Waals surface area (Å²) in [6, 6.07) is 6.84. The maximum absolute atomic E-state index is 12.3. The minimum Gasteiger partial charge on any atom is -0.357 e. The van der Waals surface area contributed by atoms with Crippen LogP contribution in [0.4, 0.5) is 0 Å². The van der Waals surface area contributed by atoms with Crippen molar-refractivity contribution >= 4 is 51.7 Å². The van der Waals surface area contributed by atoms with E-state index in [0.29, 0.717) is 6.54 Å². The third-order valence-corrected chi connectivity index (χ3v) is 6.83. The Morgan fingerprint density at radius 2 is 1.96 bits per heavy atom. The Morgan fingerprint density at radius 3 is 2.56 bits per heavy atom. The van der Waals surface area contributed by atoms with Gasteiger partial charge in [0, 0.05) is 36.7 Å². The van der Waals surface area contributed by atoms with E-state index in [-0.39, 0.29) is 40.2 Å². The van der Waals surface area contributed by atoms with Crippen molar-refractivity contribution in [1.29, 1.82) is 0 Å². The minimum atomic E-state index is -3.49. The number of aliphatic imine (C=N–C) groups is 1. The number of nitrogens with one attached hydrogen (secondary N) is 2. The first-order chi connectivity index (χ1) is 12.2. The molecule has 1 aliphatic heterocycles. The van der Waals surface area contributed by atoms with Crippen molar-refractivity contribution < 1.29 is 8.42 Å². The molecule has 0 aromatic heterocycles. The summed E-state index contributed by atoms with van der Waals surface area (Å²) in [7, 11) is -3.49. The molecule has 27 heavy (non-hydrogen) atoms. The highest BCUT2D eigenvalue weighted by Crippen LogP contribution is 2.29. The zero-order chi connectivity index (χ0) is 19.2. The SMILES string of the molecule is CCNC(=NCCNS(=O)(=O)c1ccc(C)cc1)N1CCSC(C)(C)C1.I. The van der Waals surface area contributed by atoms with Gasteiger partial charge in [-0.05, 0) is 39.8 Å². The predicted octanol–water partition coefficient (Wildman–Crippen LogP) is 2.68. The Bertz CT molecular complexity index is 721. The van der Waals surface area contributed by atoms with Crippen molar-refractivity contribution in [2.45, 2.75) is 37.3 Å². The van der Waals surface area contributed by atoms with Gasteiger partial charge < -0.3 is 10.2 Å². The smallest absolute Gasteiger partial charge is 0.240 e. The fraction of sp³-hybridized carbons (Fsp3) is 0.611. The predicted molar refractivity (Wildman–Crippen MR) is 126 cm³/mol. The third-order valence-electron chi connectivity index (χ3n) is 4.06. The summed E-state index contributed by atoms with van der Waals surface area (Å²) < 4.78 is 27.4. The number of benzene rings is 1. The van der Waals surface area contributed by atoms with Gasteiger partial charge in [-0.3, -0.25) is 4.99 Å². The fourth-order valence-electron chi connectivity index (χ4n) is 2.77. The highest BCUT2D eigenvalue weighted by molar-refractivity contribution is 14.0. The van der Waals surface area contributed by atoms with E-state index in [1.165, 1.54) is 0 Å². The van der Waals surface area contributed by atoms with E-state index in [0.717, 1.165) is 36.9 Å². The second kappa shape index (κ2) is 10.9. The van der Waals surface area contributed by atoms with Crippen LogP contribution in [-0.2, 0) is 10.0 Å². The van der Waals surface area contributed by atoms with Crippen LogP contribution in [0.2, 0.25) is 0 Å². The van der Waals surface area contributed by atoms with Gasteiger partial charge in [-0.1, -0.05) is 17.7 Å². The first-order valence-corrected chi connectivity index (χ1v) is 11.4. The summed E-state index contributed by atoms with van der Waals surface area (Å²) in [6.07, 6.45) is 0. The second-order valence-corrected chi connectivity index (χ2v) is 10.5. The van der Waals surface area contributed by atoms with Crippen LogP contribution in [0.25, 0.3) is 0 Å². The number of sulfonamides is 1. The molecule has 9 heteroatoms. The van der Waals surface area contributed by atoms with Crippen LogP contribution in [0.1, 0.15) is 26.3 Å². The van der Waals surface area contributed by atoms with Gasteiger partial charge in [0.25, 0.3) is 0 Å². The van der Waals surface area contributed by atoms with Crippen molar-refractivity contribution in [3.63, 3.8) is 0 Å². The molecule has 0 unspecified atom stereocenters. The Labute approximate surface area is 185 Å². The van der Waals surface area contributed by atoms with Crippen molar-refractivity contribution in [2.24, 2.45) is 4.99 Å². The lowest BCUT2D eigenvalue weighted by Crippen LogP contribution is -2.51. The van der Waals surface area contributed by atoms with Gasteiger partial charge in [0.15, 0.2) is 5.96 Å². The highest BCUT2D eigenvalue weighted by atomic mass is 127. The van der Waals surface area contributed by atoms with Crippen LogP contribution >= 0.6 is 35.7 Å². The van der Waals surface area contributed by atoms with E-state index in [1.807, 2.05) is 25.6 Å².